The van der Waals surface area contributed by atoms with Gasteiger partial charge in [0.1, 0.15) is 0 Å². The van der Waals surface area contributed by atoms with Crippen molar-refractivity contribution in [2.24, 2.45) is 5.73 Å². The molecule has 0 spiro atoms. The Hall–Kier alpha value is -1.35. The molecule has 1 fully saturated rings. The molecule has 21 heavy (non-hydrogen) atoms. The summed E-state index contributed by atoms with van der Waals surface area (Å²) in [6.45, 7) is 4.31. The zero-order valence-corrected chi connectivity index (χ0v) is 13.4. The number of rotatable bonds is 3. The van der Waals surface area contributed by atoms with Crippen LogP contribution in [0.1, 0.15) is 38.7 Å². The monoisotopic (exact) mass is 306 g/mol. The average molecular weight is 306 g/mol. The minimum Gasteiger partial charge on any atom is -0.320 e. The van der Waals surface area contributed by atoms with Crippen LogP contribution in [0.4, 0.5) is 0 Å². The highest BCUT2D eigenvalue weighted by molar-refractivity contribution is 7.89. The van der Waals surface area contributed by atoms with Crippen molar-refractivity contribution >= 4 is 10.0 Å². The van der Waals surface area contributed by atoms with Gasteiger partial charge in [-0.15, -0.1) is 0 Å². The Balaban J connectivity index is 2.31. The maximum absolute atomic E-state index is 12.8. The van der Waals surface area contributed by atoms with Crippen LogP contribution in [-0.2, 0) is 10.0 Å². The second kappa shape index (κ2) is 6.61. The van der Waals surface area contributed by atoms with Crippen LogP contribution in [0, 0.1) is 11.8 Å². The lowest BCUT2D eigenvalue weighted by Crippen LogP contribution is -2.39. The van der Waals surface area contributed by atoms with Gasteiger partial charge in [0.05, 0.1) is 11.4 Å². The summed E-state index contributed by atoms with van der Waals surface area (Å²) in [4.78, 5) is 0.341. The van der Waals surface area contributed by atoms with Crippen LogP contribution in [-0.4, -0.2) is 31.4 Å². The van der Waals surface area contributed by atoms with Gasteiger partial charge in [0.25, 0.3) is 0 Å². The summed E-state index contributed by atoms with van der Waals surface area (Å²) in [7, 11) is -3.43. The van der Waals surface area contributed by atoms with Crippen molar-refractivity contribution in [2.45, 2.75) is 50.1 Å². The van der Waals surface area contributed by atoms with Crippen molar-refractivity contribution in [3.05, 3.63) is 29.8 Å². The highest BCUT2D eigenvalue weighted by Gasteiger charge is 2.38. The molecule has 0 amide bonds. The van der Waals surface area contributed by atoms with Crippen molar-refractivity contribution in [1.82, 2.24) is 4.31 Å². The van der Waals surface area contributed by atoms with Crippen LogP contribution in [0.3, 0.4) is 0 Å². The van der Waals surface area contributed by atoms with E-state index < -0.39 is 10.0 Å². The Bertz CT molecular complexity index is 641. The molecular weight excluding hydrogens is 284 g/mol. The van der Waals surface area contributed by atoms with Crippen molar-refractivity contribution in [3.8, 4) is 11.8 Å². The molecule has 1 aliphatic rings. The fourth-order valence-corrected chi connectivity index (χ4v) is 4.80. The Morgan fingerprint density at radius 1 is 1.29 bits per heavy atom. The second-order valence-electron chi connectivity index (χ2n) is 5.35. The zero-order valence-electron chi connectivity index (χ0n) is 12.5. The van der Waals surface area contributed by atoms with E-state index in [0.29, 0.717) is 11.4 Å². The lowest BCUT2D eigenvalue weighted by Gasteiger charge is -2.27. The quantitative estimate of drug-likeness (QED) is 0.868. The first kappa shape index (κ1) is 16.0. The maximum Gasteiger partial charge on any atom is 0.243 e. The van der Waals surface area contributed by atoms with E-state index in [1.807, 2.05) is 13.8 Å². The molecular formula is C16H22N2O2S. The average Bonchev–Trinajstić information content (AvgIpc) is 2.87. The molecule has 1 saturated heterocycles. The molecule has 4 nitrogen and oxygen atoms in total. The molecule has 1 aromatic carbocycles. The molecule has 0 aliphatic carbocycles. The minimum absolute atomic E-state index is 0.0664. The van der Waals surface area contributed by atoms with E-state index in [1.54, 1.807) is 28.6 Å². The van der Waals surface area contributed by atoms with Crippen LogP contribution < -0.4 is 5.73 Å². The Morgan fingerprint density at radius 3 is 2.52 bits per heavy atom. The summed E-state index contributed by atoms with van der Waals surface area (Å²) in [5.74, 6) is 5.66. The van der Waals surface area contributed by atoms with Crippen LogP contribution >= 0.6 is 0 Å². The second-order valence-corrected chi connectivity index (χ2v) is 7.20. The summed E-state index contributed by atoms with van der Waals surface area (Å²) in [6.07, 6.45) is 2.72. The van der Waals surface area contributed by atoms with Gasteiger partial charge in [-0.1, -0.05) is 18.8 Å². The van der Waals surface area contributed by atoms with Gasteiger partial charge in [0.2, 0.25) is 10.0 Å². The van der Waals surface area contributed by atoms with Gasteiger partial charge in [0, 0.05) is 17.6 Å². The van der Waals surface area contributed by atoms with Crippen molar-refractivity contribution in [2.75, 3.05) is 6.54 Å². The molecule has 2 N–H and O–H groups in total. The molecule has 2 atom stereocenters. The lowest BCUT2D eigenvalue weighted by atomic mass is 10.2. The topological polar surface area (TPSA) is 63.4 Å². The van der Waals surface area contributed by atoms with Crippen LogP contribution in [0.5, 0.6) is 0 Å². The number of nitrogens with zero attached hydrogens (tertiary/aromatic N) is 1. The summed E-state index contributed by atoms with van der Waals surface area (Å²) in [5.41, 5.74) is 6.11. The lowest BCUT2D eigenvalue weighted by molar-refractivity contribution is 0.328. The molecule has 1 heterocycles. The molecule has 1 aromatic rings. The number of benzene rings is 1. The van der Waals surface area contributed by atoms with E-state index in [-0.39, 0.29) is 12.1 Å². The van der Waals surface area contributed by atoms with E-state index in [4.69, 9.17) is 5.73 Å². The summed E-state index contributed by atoms with van der Waals surface area (Å²) >= 11 is 0. The normalized spacial score (nSPS) is 22.8. The third-order valence-corrected chi connectivity index (χ3v) is 6.03. The largest absolute Gasteiger partial charge is 0.320 e. The molecule has 5 heteroatoms. The minimum atomic E-state index is -3.43. The molecule has 114 valence electrons. The van der Waals surface area contributed by atoms with Crippen molar-refractivity contribution in [3.63, 3.8) is 0 Å². The molecule has 2 unspecified atom stereocenters. The highest BCUT2D eigenvalue weighted by Crippen LogP contribution is 2.32. The number of hydrogen-bond donors (Lipinski definition) is 1. The SMILES string of the molecule is CCC1CCC(C)N1S(=O)(=O)c1ccc(C#CCN)cc1. The fraction of sp³-hybridized carbons (Fsp3) is 0.500. The van der Waals surface area contributed by atoms with E-state index in [1.165, 1.54) is 0 Å². The molecule has 2 rings (SSSR count). The zero-order chi connectivity index (χ0) is 15.5. The van der Waals surface area contributed by atoms with Gasteiger partial charge >= 0.3 is 0 Å². The van der Waals surface area contributed by atoms with E-state index in [2.05, 4.69) is 11.8 Å². The first-order chi connectivity index (χ1) is 10.0. The summed E-state index contributed by atoms with van der Waals surface area (Å²) in [5, 5.41) is 0. The molecule has 0 saturated carbocycles. The summed E-state index contributed by atoms with van der Waals surface area (Å²) in [6, 6.07) is 6.91. The third kappa shape index (κ3) is 3.29. The smallest absolute Gasteiger partial charge is 0.243 e. The van der Waals surface area contributed by atoms with Gasteiger partial charge in [-0.3, -0.25) is 0 Å². The Labute approximate surface area is 127 Å². The predicted molar refractivity (Wildman–Crippen MR) is 84.2 cm³/mol. The van der Waals surface area contributed by atoms with Crippen LogP contribution in [0.25, 0.3) is 0 Å². The van der Waals surface area contributed by atoms with Crippen LogP contribution in [0.2, 0.25) is 0 Å². The fourth-order valence-electron chi connectivity index (χ4n) is 2.85. The number of nitrogens with two attached hydrogens (primary N) is 1. The van der Waals surface area contributed by atoms with Gasteiger partial charge in [-0.05, 0) is 50.5 Å². The Morgan fingerprint density at radius 2 is 1.95 bits per heavy atom. The molecule has 0 bridgehead atoms. The number of sulfonamides is 1. The van der Waals surface area contributed by atoms with Crippen molar-refractivity contribution in [1.29, 1.82) is 0 Å². The molecule has 1 aliphatic heterocycles. The third-order valence-electron chi connectivity index (χ3n) is 3.95. The molecule has 0 radical (unpaired) electrons. The van der Waals surface area contributed by atoms with E-state index in [0.717, 1.165) is 24.8 Å². The van der Waals surface area contributed by atoms with E-state index in [9.17, 15) is 8.42 Å². The van der Waals surface area contributed by atoms with Crippen LogP contribution in [0.15, 0.2) is 29.2 Å². The maximum atomic E-state index is 12.8. The van der Waals surface area contributed by atoms with Gasteiger partial charge < -0.3 is 5.73 Å². The van der Waals surface area contributed by atoms with Gasteiger partial charge in [0.15, 0.2) is 0 Å². The molecule has 0 aromatic heterocycles. The first-order valence-electron chi connectivity index (χ1n) is 7.33. The standard InChI is InChI=1S/C16H22N2O2S/c1-3-15-9-6-13(2)18(15)21(19,20)16-10-7-14(8-11-16)5-4-12-17/h7-8,10-11,13,15H,3,6,9,12,17H2,1-2H3. The summed E-state index contributed by atoms with van der Waals surface area (Å²) < 4.78 is 27.3. The highest BCUT2D eigenvalue weighted by atomic mass is 32.2. The van der Waals surface area contributed by atoms with Crippen molar-refractivity contribution < 1.29 is 8.42 Å². The Kier molecular flexibility index (Phi) is 5.04. The number of hydrogen-bond acceptors (Lipinski definition) is 3. The van der Waals surface area contributed by atoms with E-state index >= 15 is 0 Å². The first-order valence-corrected chi connectivity index (χ1v) is 8.77. The van der Waals surface area contributed by atoms with Gasteiger partial charge in [-0.2, -0.15) is 4.31 Å². The van der Waals surface area contributed by atoms with Gasteiger partial charge in [-0.25, -0.2) is 8.42 Å². The predicted octanol–water partition coefficient (Wildman–Crippen LogP) is 1.95.